The number of carbonyl (C=O) groups is 1. The first-order chi connectivity index (χ1) is 9.06. The topological polar surface area (TPSA) is 77.2 Å². The first kappa shape index (κ1) is 13.8. The maximum atomic E-state index is 12.2. The van der Waals surface area contributed by atoms with Gasteiger partial charge in [-0.25, -0.2) is 4.98 Å². The molecule has 5 nitrogen and oxygen atoms in total. The molecule has 104 valence electrons. The smallest absolute Gasteiger partial charge is 0.251 e. The van der Waals surface area contributed by atoms with E-state index >= 15 is 0 Å². The van der Waals surface area contributed by atoms with Crippen molar-refractivity contribution in [1.82, 2.24) is 10.3 Å². The Kier molecular flexibility index (Phi) is 4.37. The molecule has 5 heteroatoms. The maximum Gasteiger partial charge on any atom is 0.251 e. The van der Waals surface area contributed by atoms with E-state index < -0.39 is 0 Å². The molecule has 0 bridgehead atoms. The number of pyridine rings is 1. The summed E-state index contributed by atoms with van der Waals surface area (Å²) in [6, 6.07) is 3.63. The number of nitrogens with one attached hydrogen (secondary N) is 1. The third-order valence-electron chi connectivity index (χ3n) is 3.28. The number of anilines is 1. The number of rotatable bonds is 3. The number of carbonyl (C=O) groups excluding carboxylic acids is 1. The Bertz CT molecular complexity index is 454. The van der Waals surface area contributed by atoms with Crippen LogP contribution in [0.2, 0.25) is 0 Å². The van der Waals surface area contributed by atoms with E-state index in [9.17, 15) is 4.79 Å². The van der Waals surface area contributed by atoms with Crippen LogP contribution in [0.1, 0.15) is 48.7 Å². The van der Waals surface area contributed by atoms with Crippen molar-refractivity contribution >= 4 is 11.7 Å². The van der Waals surface area contributed by atoms with Gasteiger partial charge in [-0.1, -0.05) is 13.8 Å². The Labute approximate surface area is 113 Å². The van der Waals surface area contributed by atoms with Crippen LogP contribution in [0.3, 0.4) is 0 Å². The number of nitrogens with zero attached hydrogens (tertiary/aromatic N) is 1. The summed E-state index contributed by atoms with van der Waals surface area (Å²) >= 11 is 0. The summed E-state index contributed by atoms with van der Waals surface area (Å²) in [4.78, 5) is 16.4. The summed E-state index contributed by atoms with van der Waals surface area (Å²) in [7, 11) is 0. The lowest BCUT2D eigenvalue weighted by Crippen LogP contribution is -2.39. The highest BCUT2D eigenvalue weighted by atomic mass is 16.5. The Morgan fingerprint density at radius 1 is 1.42 bits per heavy atom. The third-order valence-corrected chi connectivity index (χ3v) is 3.28. The summed E-state index contributed by atoms with van der Waals surface area (Å²) < 4.78 is 5.28. The van der Waals surface area contributed by atoms with Gasteiger partial charge in [0.05, 0.1) is 0 Å². The predicted molar refractivity (Wildman–Crippen MR) is 74.0 cm³/mol. The molecule has 0 spiro atoms. The van der Waals surface area contributed by atoms with Gasteiger partial charge >= 0.3 is 0 Å². The van der Waals surface area contributed by atoms with E-state index in [1.54, 1.807) is 6.07 Å². The molecule has 1 aliphatic heterocycles. The van der Waals surface area contributed by atoms with Gasteiger partial charge in [0.15, 0.2) is 0 Å². The standard InChI is InChI=1S/C14H21N3O2/c1-9(2)12-7-10(8-13(15)17-12)14(18)16-11-3-5-19-6-4-11/h7-9,11H,3-6H2,1-2H3,(H2,15,17)(H,16,18). The maximum absolute atomic E-state index is 12.2. The summed E-state index contributed by atoms with van der Waals surface area (Å²) in [5.41, 5.74) is 7.19. The molecule has 3 N–H and O–H groups in total. The van der Waals surface area contributed by atoms with Gasteiger partial charge in [-0.15, -0.1) is 0 Å². The van der Waals surface area contributed by atoms with E-state index in [0.717, 1.165) is 18.5 Å². The minimum Gasteiger partial charge on any atom is -0.384 e. The quantitative estimate of drug-likeness (QED) is 0.870. The van der Waals surface area contributed by atoms with Crippen molar-refractivity contribution in [2.24, 2.45) is 0 Å². The lowest BCUT2D eigenvalue weighted by molar-refractivity contribution is 0.0696. The molecule has 0 saturated carbocycles. The number of amides is 1. The van der Waals surface area contributed by atoms with Crippen LogP contribution in [0.25, 0.3) is 0 Å². The fourth-order valence-electron chi connectivity index (χ4n) is 2.11. The molecule has 1 aromatic heterocycles. The number of nitrogen functional groups attached to an aromatic ring is 1. The molecule has 1 aliphatic rings. The summed E-state index contributed by atoms with van der Waals surface area (Å²) in [6.07, 6.45) is 1.73. The minimum absolute atomic E-state index is 0.0806. The van der Waals surface area contributed by atoms with Crippen LogP contribution in [0, 0.1) is 0 Å². The van der Waals surface area contributed by atoms with Gasteiger partial charge in [0.25, 0.3) is 5.91 Å². The fourth-order valence-corrected chi connectivity index (χ4v) is 2.11. The summed E-state index contributed by atoms with van der Waals surface area (Å²) in [5, 5.41) is 3.03. The van der Waals surface area contributed by atoms with Gasteiger partial charge in [-0.3, -0.25) is 4.79 Å². The first-order valence-electron chi connectivity index (χ1n) is 6.72. The van der Waals surface area contributed by atoms with Gasteiger partial charge in [-0.2, -0.15) is 0 Å². The van der Waals surface area contributed by atoms with Crippen LogP contribution < -0.4 is 11.1 Å². The van der Waals surface area contributed by atoms with E-state index in [1.807, 2.05) is 19.9 Å². The monoisotopic (exact) mass is 263 g/mol. The summed E-state index contributed by atoms with van der Waals surface area (Å²) in [6.45, 7) is 5.48. The summed E-state index contributed by atoms with van der Waals surface area (Å²) in [5.74, 6) is 0.560. The van der Waals surface area contributed by atoms with Gasteiger partial charge in [-0.05, 0) is 30.9 Å². The Morgan fingerprint density at radius 2 is 2.11 bits per heavy atom. The largest absolute Gasteiger partial charge is 0.384 e. The Balaban J connectivity index is 2.09. The predicted octanol–water partition coefficient (Wildman–Crippen LogP) is 1.70. The molecular formula is C14H21N3O2. The van der Waals surface area contributed by atoms with Crippen molar-refractivity contribution in [2.45, 2.75) is 38.6 Å². The fraction of sp³-hybridized carbons (Fsp3) is 0.571. The van der Waals surface area contributed by atoms with Crippen LogP contribution in [-0.2, 0) is 4.74 Å². The second-order valence-electron chi connectivity index (χ2n) is 5.22. The Hall–Kier alpha value is -1.62. The van der Waals surface area contributed by atoms with Crippen molar-refractivity contribution in [1.29, 1.82) is 0 Å². The highest BCUT2D eigenvalue weighted by Gasteiger charge is 2.18. The molecule has 0 unspecified atom stereocenters. The molecule has 2 heterocycles. The van der Waals surface area contributed by atoms with E-state index in [4.69, 9.17) is 10.5 Å². The average Bonchev–Trinajstić information content (AvgIpc) is 2.39. The minimum atomic E-state index is -0.0806. The highest BCUT2D eigenvalue weighted by Crippen LogP contribution is 2.16. The van der Waals surface area contributed by atoms with E-state index in [0.29, 0.717) is 24.6 Å². The molecule has 0 radical (unpaired) electrons. The van der Waals surface area contributed by atoms with Gasteiger partial charge < -0.3 is 15.8 Å². The zero-order valence-corrected chi connectivity index (χ0v) is 11.5. The van der Waals surface area contributed by atoms with Gasteiger partial charge in [0, 0.05) is 30.5 Å². The zero-order chi connectivity index (χ0) is 13.8. The normalized spacial score (nSPS) is 16.6. The Morgan fingerprint density at radius 3 is 2.74 bits per heavy atom. The van der Waals surface area contributed by atoms with Crippen LogP contribution >= 0.6 is 0 Å². The molecule has 19 heavy (non-hydrogen) atoms. The number of hydrogen-bond donors (Lipinski definition) is 2. The van der Waals surface area contributed by atoms with Crippen molar-refractivity contribution in [3.63, 3.8) is 0 Å². The van der Waals surface area contributed by atoms with Crippen molar-refractivity contribution < 1.29 is 9.53 Å². The van der Waals surface area contributed by atoms with E-state index in [-0.39, 0.29) is 17.9 Å². The average molecular weight is 263 g/mol. The highest BCUT2D eigenvalue weighted by molar-refractivity contribution is 5.95. The lowest BCUT2D eigenvalue weighted by atomic mass is 10.1. The van der Waals surface area contributed by atoms with Crippen LogP contribution in [0.4, 0.5) is 5.82 Å². The molecule has 2 rings (SSSR count). The second-order valence-corrected chi connectivity index (χ2v) is 5.22. The van der Waals surface area contributed by atoms with Gasteiger partial charge in [0.1, 0.15) is 5.82 Å². The van der Waals surface area contributed by atoms with Gasteiger partial charge in [0.2, 0.25) is 0 Å². The molecule has 0 aromatic carbocycles. The first-order valence-corrected chi connectivity index (χ1v) is 6.72. The molecule has 1 saturated heterocycles. The number of aromatic nitrogens is 1. The number of nitrogens with two attached hydrogens (primary N) is 1. The molecule has 0 aliphatic carbocycles. The molecule has 0 atom stereocenters. The third kappa shape index (κ3) is 3.67. The lowest BCUT2D eigenvalue weighted by Gasteiger charge is -2.23. The van der Waals surface area contributed by atoms with Crippen LogP contribution in [-0.4, -0.2) is 30.1 Å². The van der Waals surface area contributed by atoms with E-state index in [1.165, 1.54) is 0 Å². The zero-order valence-electron chi connectivity index (χ0n) is 11.5. The SMILES string of the molecule is CC(C)c1cc(C(=O)NC2CCOCC2)cc(N)n1. The van der Waals surface area contributed by atoms with Crippen molar-refractivity contribution in [2.75, 3.05) is 18.9 Å². The van der Waals surface area contributed by atoms with Crippen LogP contribution in [0.5, 0.6) is 0 Å². The van der Waals surface area contributed by atoms with Crippen molar-refractivity contribution in [3.8, 4) is 0 Å². The molecule has 1 aromatic rings. The second kappa shape index (κ2) is 6.02. The number of ether oxygens (including phenoxy) is 1. The van der Waals surface area contributed by atoms with E-state index in [2.05, 4.69) is 10.3 Å². The van der Waals surface area contributed by atoms with Crippen LogP contribution in [0.15, 0.2) is 12.1 Å². The van der Waals surface area contributed by atoms with Crippen molar-refractivity contribution in [3.05, 3.63) is 23.4 Å². The molecule has 1 amide bonds. The molecule has 1 fully saturated rings. The molecular weight excluding hydrogens is 242 g/mol. The number of hydrogen-bond acceptors (Lipinski definition) is 4.